The van der Waals surface area contributed by atoms with Crippen LogP contribution < -0.4 is 11.0 Å². The molecule has 0 saturated heterocycles. The number of amides is 1. The number of thioether (sulfide) groups is 1. The molecule has 140 valence electrons. The summed E-state index contributed by atoms with van der Waals surface area (Å²) in [5.41, 5.74) is 1.26. The molecule has 0 atom stereocenters. The van der Waals surface area contributed by atoms with E-state index in [1.165, 1.54) is 16.3 Å². The maximum atomic E-state index is 12.2. The van der Waals surface area contributed by atoms with E-state index in [2.05, 4.69) is 15.5 Å². The quantitative estimate of drug-likeness (QED) is 0.566. The van der Waals surface area contributed by atoms with Gasteiger partial charge in [0.15, 0.2) is 5.16 Å². The Morgan fingerprint density at radius 1 is 1.15 bits per heavy atom. The van der Waals surface area contributed by atoms with Crippen molar-refractivity contribution in [2.75, 3.05) is 11.1 Å². The number of hydrogen-bond acceptors (Lipinski definition) is 4. The van der Waals surface area contributed by atoms with Crippen molar-refractivity contribution in [2.45, 2.75) is 18.1 Å². The van der Waals surface area contributed by atoms with E-state index in [1.807, 2.05) is 30.3 Å². The fraction of sp³-hybridized carbons (Fsp3) is 0.167. The predicted octanol–water partition coefficient (Wildman–Crippen LogP) is 3.85. The summed E-state index contributed by atoms with van der Waals surface area (Å²) in [6.45, 7) is 0.476. The highest BCUT2D eigenvalue weighted by Crippen LogP contribution is 2.29. The molecule has 2 N–H and O–H groups in total. The molecule has 0 radical (unpaired) electrons. The van der Waals surface area contributed by atoms with Crippen molar-refractivity contribution in [2.24, 2.45) is 0 Å². The number of halogens is 2. The summed E-state index contributed by atoms with van der Waals surface area (Å²) in [7, 11) is 0. The van der Waals surface area contributed by atoms with Gasteiger partial charge in [-0.15, -0.1) is 5.10 Å². The summed E-state index contributed by atoms with van der Waals surface area (Å²) >= 11 is 13.2. The number of carbonyl (C=O) groups excluding carboxylic acids is 1. The summed E-state index contributed by atoms with van der Waals surface area (Å²) in [5, 5.41) is 10.2. The third kappa shape index (κ3) is 5.15. The number of nitrogens with one attached hydrogen (secondary N) is 2. The molecule has 3 rings (SSSR count). The van der Waals surface area contributed by atoms with Crippen LogP contribution in [0.2, 0.25) is 10.0 Å². The fourth-order valence-corrected chi connectivity index (χ4v) is 3.53. The van der Waals surface area contributed by atoms with E-state index in [4.69, 9.17) is 23.2 Å². The van der Waals surface area contributed by atoms with E-state index in [0.29, 0.717) is 28.8 Å². The number of carbonyl (C=O) groups is 1. The number of hydrogen-bond donors (Lipinski definition) is 2. The predicted molar refractivity (Wildman–Crippen MR) is 109 cm³/mol. The SMILES string of the molecule is O=C(CSc1n[nH]c(=O)n1CCc1ccccc1)Nc1cccc(Cl)c1Cl. The van der Waals surface area contributed by atoms with Gasteiger partial charge in [-0.05, 0) is 24.1 Å². The number of nitrogens with zero attached hydrogens (tertiary/aromatic N) is 2. The molecule has 2 aromatic carbocycles. The molecular formula is C18H16Cl2N4O2S. The van der Waals surface area contributed by atoms with Crippen molar-refractivity contribution in [1.82, 2.24) is 14.8 Å². The summed E-state index contributed by atoms with van der Waals surface area (Å²) in [5.74, 6) is -0.187. The number of benzene rings is 2. The van der Waals surface area contributed by atoms with Crippen LogP contribution >= 0.6 is 35.0 Å². The lowest BCUT2D eigenvalue weighted by molar-refractivity contribution is -0.113. The lowest BCUT2D eigenvalue weighted by Gasteiger charge is -2.08. The van der Waals surface area contributed by atoms with Gasteiger partial charge in [-0.2, -0.15) is 0 Å². The minimum absolute atomic E-state index is 0.0818. The van der Waals surface area contributed by atoms with E-state index in [9.17, 15) is 9.59 Å². The van der Waals surface area contributed by atoms with Gasteiger partial charge in [0.1, 0.15) is 0 Å². The molecule has 0 aliphatic carbocycles. The first-order valence-corrected chi connectivity index (χ1v) is 9.84. The molecule has 1 heterocycles. The zero-order valence-corrected chi connectivity index (χ0v) is 16.4. The van der Waals surface area contributed by atoms with Gasteiger partial charge >= 0.3 is 5.69 Å². The van der Waals surface area contributed by atoms with Crippen LogP contribution in [0.3, 0.4) is 0 Å². The van der Waals surface area contributed by atoms with Crippen LogP contribution in [0.25, 0.3) is 0 Å². The van der Waals surface area contributed by atoms with Crippen molar-refractivity contribution < 1.29 is 4.79 Å². The number of anilines is 1. The van der Waals surface area contributed by atoms with Gasteiger partial charge < -0.3 is 5.32 Å². The van der Waals surface area contributed by atoms with E-state index in [0.717, 1.165) is 5.56 Å². The zero-order valence-electron chi connectivity index (χ0n) is 14.1. The van der Waals surface area contributed by atoms with Crippen LogP contribution in [-0.2, 0) is 17.8 Å². The highest BCUT2D eigenvalue weighted by Gasteiger charge is 2.13. The molecule has 0 fully saturated rings. The van der Waals surface area contributed by atoms with E-state index in [-0.39, 0.29) is 22.4 Å². The van der Waals surface area contributed by atoms with Gasteiger partial charge in [-0.1, -0.05) is 71.4 Å². The van der Waals surface area contributed by atoms with Crippen molar-refractivity contribution in [3.8, 4) is 0 Å². The Balaban J connectivity index is 1.60. The summed E-state index contributed by atoms with van der Waals surface area (Å²) in [6.07, 6.45) is 0.693. The molecule has 3 aromatic rings. The minimum atomic E-state index is -0.299. The lowest BCUT2D eigenvalue weighted by atomic mass is 10.1. The van der Waals surface area contributed by atoms with Crippen LogP contribution in [0, 0.1) is 0 Å². The molecule has 0 aliphatic heterocycles. The van der Waals surface area contributed by atoms with E-state index >= 15 is 0 Å². The molecule has 0 unspecified atom stereocenters. The van der Waals surface area contributed by atoms with Gasteiger partial charge in [-0.3, -0.25) is 9.36 Å². The first-order valence-electron chi connectivity index (χ1n) is 8.10. The van der Waals surface area contributed by atoms with Gasteiger partial charge in [-0.25, -0.2) is 9.89 Å². The Hall–Kier alpha value is -2.22. The third-order valence-electron chi connectivity index (χ3n) is 3.75. The Morgan fingerprint density at radius 3 is 2.70 bits per heavy atom. The average Bonchev–Trinajstić information content (AvgIpc) is 3.02. The monoisotopic (exact) mass is 422 g/mol. The summed E-state index contributed by atoms with van der Waals surface area (Å²) in [6, 6.07) is 14.9. The van der Waals surface area contributed by atoms with Gasteiger partial charge in [0.2, 0.25) is 5.91 Å². The molecular weight excluding hydrogens is 407 g/mol. The van der Waals surface area contributed by atoms with Crippen molar-refractivity contribution in [3.63, 3.8) is 0 Å². The Kier molecular flexibility index (Phi) is 6.60. The standard InChI is InChI=1S/C18H16Cl2N4O2S/c19-13-7-4-8-14(16(13)20)21-15(25)11-27-18-23-22-17(26)24(18)10-9-12-5-2-1-3-6-12/h1-8H,9-11H2,(H,21,25)(H,22,26). The van der Waals surface area contributed by atoms with E-state index < -0.39 is 0 Å². The van der Waals surface area contributed by atoms with Crippen LogP contribution in [0.1, 0.15) is 5.56 Å². The number of aromatic amines is 1. The summed E-state index contributed by atoms with van der Waals surface area (Å²) in [4.78, 5) is 24.2. The Labute approximate surface area is 169 Å². The molecule has 0 bridgehead atoms. The van der Waals surface area contributed by atoms with Crippen LogP contribution in [0.5, 0.6) is 0 Å². The topological polar surface area (TPSA) is 79.8 Å². The molecule has 1 amide bonds. The van der Waals surface area contributed by atoms with Crippen LogP contribution in [0.15, 0.2) is 58.5 Å². The second-order valence-electron chi connectivity index (χ2n) is 5.64. The van der Waals surface area contributed by atoms with Gasteiger partial charge in [0, 0.05) is 6.54 Å². The number of aryl methyl sites for hydroxylation is 1. The van der Waals surface area contributed by atoms with Crippen molar-refractivity contribution in [1.29, 1.82) is 0 Å². The Bertz CT molecular complexity index is 989. The van der Waals surface area contributed by atoms with Crippen molar-refractivity contribution in [3.05, 3.63) is 74.6 Å². The lowest BCUT2D eigenvalue weighted by Crippen LogP contribution is -2.20. The minimum Gasteiger partial charge on any atom is -0.324 e. The second-order valence-corrected chi connectivity index (χ2v) is 7.36. The zero-order chi connectivity index (χ0) is 19.2. The van der Waals surface area contributed by atoms with Crippen LogP contribution in [-0.4, -0.2) is 26.4 Å². The molecule has 9 heteroatoms. The molecule has 0 saturated carbocycles. The van der Waals surface area contributed by atoms with E-state index in [1.54, 1.807) is 18.2 Å². The third-order valence-corrected chi connectivity index (χ3v) is 5.54. The van der Waals surface area contributed by atoms with Gasteiger partial charge in [0.05, 0.1) is 21.5 Å². The smallest absolute Gasteiger partial charge is 0.324 e. The molecule has 0 aliphatic rings. The second kappa shape index (κ2) is 9.12. The fourth-order valence-electron chi connectivity index (χ4n) is 2.41. The van der Waals surface area contributed by atoms with Crippen LogP contribution in [0.4, 0.5) is 5.69 Å². The number of rotatable bonds is 7. The molecule has 1 aromatic heterocycles. The largest absolute Gasteiger partial charge is 0.343 e. The van der Waals surface area contributed by atoms with Gasteiger partial charge in [0.25, 0.3) is 0 Å². The average molecular weight is 423 g/mol. The molecule has 0 spiro atoms. The Morgan fingerprint density at radius 2 is 1.93 bits per heavy atom. The molecule has 27 heavy (non-hydrogen) atoms. The normalized spacial score (nSPS) is 10.7. The first kappa shape index (κ1) is 19.5. The highest BCUT2D eigenvalue weighted by molar-refractivity contribution is 7.99. The first-order chi connectivity index (χ1) is 13.0. The summed E-state index contributed by atoms with van der Waals surface area (Å²) < 4.78 is 1.53. The highest BCUT2D eigenvalue weighted by atomic mass is 35.5. The number of aromatic nitrogens is 3. The number of H-pyrrole nitrogens is 1. The van der Waals surface area contributed by atoms with Crippen molar-refractivity contribution >= 4 is 46.6 Å². The maximum absolute atomic E-state index is 12.2. The maximum Gasteiger partial charge on any atom is 0.343 e. The molecule has 6 nitrogen and oxygen atoms in total.